The van der Waals surface area contributed by atoms with Crippen LogP contribution in [0.1, 0.15) is 20.8 Å². The van der Waals surface area contributed by atoms with Crippen LogP contribution in [0.3, 0.4) is 0 Å². The standard InChI is InChI=1S/C13H29N5O/c1-10(2)14-12(18(8)11(3)9-19)15-13(16(4)5)17(6)7/h10-11,19H,9H2,1-8H3. The van der Waals surface area contributed by atoms with Crippen molar-refractivity contribution < 1.29 is 5.11 Å². The van der Waals surface area contributed by atoms with Crippen molar-refractivity contribution in [3.8, 4) is 0 Å². The van der Waals surface area contributed by atoms with E-state index in [0.29, 0.717) is 5.96 Å². The topological polar surface area (TPSA) is 54.7 Å². The summed E-state index contributed by atoms with van der Waals surface area (Å²) in [4.78, 5) is 14.9. The Hall–Kier alpha value is -1.30. The van der Waals surface area contributed by atoms with Crippen molar-refractivity contribution in [1.29, 1.82) is 0 Å². The van der Waals surface area contributed by atoms with Crippen molar-refractivity contribution in [2.45, 2.75) is 32.9 Å². The van der Waals surface area contributed by atoms with Gasteiger partial charge in [0.1, 0.15) is 0 Å². The van der Waals surface area contributed by atoms with E-state index in [9.17, 15) is 5.11 Å². The first kappa shape index (κ1) is 17.7. The van der Waals surface area contributed by atoms with Crippen molar-refractivity contribution in [2.24, 2.45) is 9.98 Å². The summed E-state index contributed by atoms with van der Waals surface area (Å²) in [5, 5.41) is 9.27. The first-order chi connectivity index (χ1) is 8.70. The molecule has 112 valence electrons. The number of aliphatic hydroxyl groups is 1. The highest BCUT2D eigenvalue weighted by Gasteiger charge is 2.15. The molecule has 6 nitrogen and oxygen atoms in total. The number of rotatable bonds is 3. The van der Waals surface area contributed by atoms with Gasteiger partial charge in [-0.1, -0.05) is 0 Å². The number of nitrogens with zero attached hydrogens (tertiary/aromatic N) is 5. The molecule has 0 aliphatic heterocycles. The molecule has 0 spiro atoms. The van der Waals surface area contributed by atoms with Gasteiger partial charge in [-0.3, -0.25) is 0 Å². The van der Waals surface area contributed by atoms with E-state index in [-0.39, 0.29) is 18.7 Å². The van der Waals surface area contributed by atoms with Crippen LogP contribution in [0.25, 0.3) is 0 Å². The maximum Gasteiger partial charge on any atom is 0.224 e. The number of aliphatic imine (C=N–C) groups is 2. The third-order valence-electron chi connectivity index (χ3n) is 2.61. The van der Waals surface area contributed by atoms with E-state index in [1.54, 1.807) is 0 Å². The van der Waals surface area contributed by atoms with Gasteiger partial charge < -0.3 is 19.8 Å². The molecule has 0 aromatic heterocycles. The molecular formula is C13H29N5O. The molecule has 0 aromatic carbocycles. The maximum atomic E-state index is 9.27. The number of likely N-dealkylation sites (N-methyl/N-ethyl adjacent to an activating group) is 1. The SMILES string of the molecule is CC(C)N=C(N=C(N(C)C)N(C)C)N(C)C(C)CO. The molecule has 6 heteroatoms. The molecule has 1 atom stereocenters. The first-order valence-electron chi connectivity index (χ1n) is 6.55. The fraction of sp³-hybridized carbons (Fsp3) is 0.846. The molecule has 0 rings (SSSR count). The minimum atomic E-state index is -0.0215. The van der Waals surface area contributed by atoms with E-state index < -0.39 is 0 Å². The van der Waals surface area contributed by atoms with Crippen molar-refractivity contribution in [3.63, 3.8) is 0 Å². The summed E-state index contributed by atoms with van der Waals surface area (Å²) in [7, 11) is 9.68. The highest BCUT2D eigenvalue weighted by Crippen LogP contribution is 2.03. The van der Waals surface area contributed by atoms with Crippen LogP contribution < -0.4 is 0 Å². The zero-order valence-corrected chi connectivity index (χ0v) is 13.5. The largest absolute Gasteiger partial charge is 0.394 e. The third-order valence-corrected chi connectivity index (χ3v) is 2.61. The summed E-state index contributed by atoms with van der Waals surface area (Å²) >= 11 is 0. The second kappa shape index (κ2) is 7.99. The predicted octanol–water partition coefficient (Wildman–Crippen LogP) is 0.543. The number of hydrogen-bond donors (Lipinski definition) is 1. The Balaban J connectivity index is 5.44. The molecule has 0 fully saturated rings. The summed E-state index contributed by atoms with van der Waals surface area (Å²) in [5.41, 5.74) is 0. The van der Waals surface area contributed by atoms with Gasteiger partial charge in [0.15, 0.2) is 0 Å². The van der Waals surface area contributed by atoms with Crippen LogP contribution in [0, 0.1) is 0 Å². The van der Waals surface area contributed by atoms with Crippen LogP contribution in [-0.2, 0) is 0 Å². The Bertz CT molecular complexity index is 313. The van der Waals surface area contributed by atoms with Gasteiger partial charge in [0.05, 0.1) is 12.6 Å². The summed E-state index contributed by atoms with van der Waals surface area (Å²) in [6.45, 7) is 6.04. The Morgan fingerprint density at radius 2 is 1.47 bits per heavy atom. The lowest BCUT2D eigenvalue weighted by atomic mass is 10.3. The molecule has 0 aliphatic carbocycles. The van der Waals surface area contributed by atoms with Gasteiger partial charge in [-0.15, -0.1) is 0 Å². The predicted molar refractivity (Wildman–Crippen MR) is 81.7 cm³/mol. The average Bonchev–Trinajstić information content (AvgIpc) is 2.30. The second-order valence-corrected chi connectivity index (χ2v) is 5.37. The molecule has 0 bridgehead atoms. The summed E-state index contributed by atoms with van der Waals surface area (Å²) in [5.74, 6) is 1.45. The minimum Gasteiger partial charge on any atom is -0.394 e. The van der Waals surface area contributed by atoms with E-state index in [4.69, 9.17) is 0 Å². The van der Waals surface area contributed by atoms with Crippen molar-refractivity contribution in [1.82, 2.24) is 14.7 Å². The van der Waals surface area contributed by atoms with E-state index in [0.717, 1.165) is 5.96 Å². The molecular weight excluding hydrogens is 242 g/mol. The Morgan fingerprint density at radius 3 is 1.79 bits per heavy atom. The third kappa shape index (κ3) is 5.92. The number of hydrogen-bond acceptors (Lipinski definition) is 2. The first-order valence-corrected chi connectivity index (χ1v) is 6.55. The quantitative estimate of drug-likeness (QED) is 0.601. The molecule has 0 aliphatic rings. The van der Waals surface area contributed by atoms with Gasteiger partial charge in [0.25, 0.3) is 0 Å². The van der Waals surface area contributed by atoms with Crippen LogP contribution in [-0.4, -0.2) is 85.7 Å². The lowest BCUT2D eigenvalue weighted by Crippen LogP contribution is -2.41. The molecule has 0 aromatic rings. The summed E-state index contributed by atoms with van der Waals surface area (Å²) in [6.07, 6.45) is 0. The fourth-order valence-corrected chi connectivity index (χ4v) is 1.44. The Labute approximate surface area is 117 Å². The van der Waals surface area contributed by atoms with Crippen LogP contribution in [0.5, 0.6) is 0 Å². The highest BCUT2D eigenvalue weighted by atomic mass is 16.3. The zero-order valence-electron chi connectivity index (χ0n) is 13.5. The normalized spacial score (nSPS) is 13.3. The zero-order chi connectivity index (χ0) is 15.2. The van der Waals surface area contributed by atoms with Gasteiger partial charge in [-0.05, 0) is 20.8 Å². The molecule has 0 amide bonds. The summed E-state index contributed by atoms with van der Waals surface area (Å²) in [6, 6.07) is 0.129. The lowest BCUT2D eigenvalue weighted by Gasteiger charge is -2.28. The van der Waals surface area contributed by atoms with Gasteiger partial charge in [0, 0.05) is 41.3 Å². The molecule has 0 heterocycles. The monoisotopic (exact) mass is 271 g/mol. The second-order valence-electron chi connectivity index (χ2n) is 5.37. The van der Waals surface area contributed by atoms with Crippen LogP contribution in [0.2, 0.25) is 0 Å². The molecule has 0 radical (unpaired) electrons. The number of guanidine groups is 2. The lowest BCUT2D eigenvalue weighted by molar-refractivity contribution is 0.207. The molecule has 1 unspecified atom stereocenters. The van der Waals surface area contributed by atoms with Gasteiger partial charge in [-0.2, -0.15) is 4.99 Å². The molecule has 0 saturated heterocycles. The number of aliphatic hydroxyl groups excluding tert-OH is 1. The van der Waals surface area contributed by atoms with Gasteiger partial charge in [-0.25, -0.2) is 4.99 Å². The molecule has 19 heavy (non-hydrogen) atoms. The van der Waals surface area contributed by atoms with Gasteiger partial charge >= 0.3 is 0 Å². The summed E-state index contributed by atoms with van der Waals surface area (Å²) < 4.78 is 0. The molecule has 0 saturated carbocycles. The van der Waals surface area contributed by atoms with Crippen LogP contribution in [0.4, 0.5) is 0 Å². The van der Waals surface area contributed by atoms with Crippen molar-refractivity contribution in [3.05, 3.63) is 0 Å². The van der Waals surface area contributed by atoms with Crippen molar-refractivity contribution in [2.75, 3.05) is 41.8 Å². The van der Waals surface area contributed by atoms with E-state index in [1.165, 1.54) is 0 Å². The van der Waals surface area contributed by atoms with E-state index in [1.807, 2.05) is 70.7 Å². The van der Waals surface area contributed by atoms with Crippen LogP contribution >= 0.6 is 0 Å². The molecule has 1 N–H and O–H groups in total. The smallest absolute Gasteiger partial charge is 0.224 e. The Kier molecular flexibility index (Phi) is 7.44. The van der Waals surface area contributed by atoms with Crippen molar-refractivity contribution >= 4 is 11.9 Å². The highest BCUT2D eigenvalue weighted by molar-refractivity contribution is 5.94. The fourth-order valence-electron chi connectivity index (χ4n) is 1.44. The van der Waals surface area contributed by atoms with E-state index >= 15 is 0 Å². The average molecular weight is 271 g/mol. The minimum absolute atomic E-state index is 0.0215. The maximum absolute atomic E-state index is 9.27. The van der Waals surface area contributed by atoms with Gasteiger partial charge in [0.2, 0.25) is 11.9 Å². The Morgan fingerprint density at radius 1 is 1.00 bits per heavy atom. The van der Waals surface area contributed by atoms with Crippen LogP contribution in [0.15, 0.2) is 9.98 Å². The van der Waals surface area contributed by atoms with E-state index in [2.05, 4.69) is 9.98 Å².